The Morgan fingerprint density at radius 2 is 1.89 bits per heavy atom. The minimum Gasteiger partial charge on any atom is -0.352 e. The SMILES string of the molecule is CCC(CC)C(=O)N1CCN(c2ncccc2C(=O)NCc2cccs2)CC1. The van der Waals surface area contributed by atoms with Gasteiger partial charge in [0.15, 0.2) is 0 Å². The Hall–Kier alpha value is -2.41. The molecule has 1 saturated heterocycles. The van der Waals surface area contributed by atoms with Crippen molar-refractivity contribution in [3.05, 3.63) is 46.3 Å². The topological polar surface area (TPSA) is 65.5 Å². The second-order valence-electron chi connectivity index (χ2n) is 6.96. The molecule has 0 saturated carbocycles. The van der Waals surface area contributed by atoms with Crippen molar-refractivity contribution < 1.29 is 9.59 Å². The van der Waals surface area contributed by atoms with E-state index in [9.17, 15) is 9.59 Å². The van der Waals surface area contributed by atoms with E-state index in [1.165, 1.54) is 0 Å². The number of pyridine rings is 1. The monoisotopic (exact) mass is 400 g/mol. The van der Waals surface area contributed by atoms with E-state index in [1.807, 2.05) is 28.5 Å². The van der Waals surface area contributed by atoms with Gasteiger partial charge in [-0.05, 0) is 36.4 Å². The van der Waals surface area contributed by atoms with Crippen molar-refractivity contribution in [3.63, 3.8) is 0 Å². The highest BCUT2D eigenvalue weighted by atomic mass is 32.1. The molecule has 0 aliphatic carbocycles. The van der Waals surface area contributed by atoms with E-state index in [1.54, 1.807) is 23.6 Å². The zero-order valence-electron chi connectivity index (χ0n) is 16.6. The summed E-state index contributed by atoms with van der Waals surface area (Å²) in [7, 11) is 0. The molecular formula is C21H28N4O2S. The fourth-order valence-electron chi connectivity index (χ4n) is 3.54. The summed E-state index contributed by atoms with van der Waals surface area (Å²) in [6.45, 7) is 7.36. The molecule has 2 aromatic heterocycles. The number of rotatable bonds is 7. The van der Waals surface area contributed by atoms with Gasteiger partial charge < -0.3 is 15.1 Å². The van der Waals surface area contributed by atoms with E-state index in [-0.39, 0.29) is 17.7 Å². The lowest BCUT2D eigenvalue weighted by Crippen LogP contribution is -2.51. The molecule has 2 aromatic rings. The maximum Gasteiger partial charge on any atom is 0.255 e. The molecule has 0 unspecified atom stereocenters. The van der Waals surface area contributed by atoms with E-state index >= 15 is 0 Å². The van der Waals surface area contributed by atoms with Crippen LogP contribution in [0.4, 0.5) is 5.82 Å². The van der Waals surface area contributed by atoms with Crippen molar-refractivity contribution in [2.24, 2.45) is 5.92 Å². The van der Waals surface area contributed by atoms with Gasteiger partial charge in [0.2, 0.25) is 5.91 Å². The second kappa shape index (κ2) is 9.68. The summed E-state index contributed by atoms with van der Waals surface area (Å²) in [5, 5.41) is 4.98. The number of hydrogen-bond acceptors (Lipinski definition) is 5. The van der Waals surface area contributed by atoms with Crippen LogP contribution in [0.3, 0.4) is 0 Å². The normalized spacial score (nSPS) is 14.4. The van der Waals surface area contributed by atoms with Crippen LogP contribution in [0, 0.1) is 5.92 Å². The Kier molecular flexibility index (Phi) is 7.03. The molecular weight excluding hydrogens is 372 g/mol. The third-order valence-corrected chi connectivity index (χ3v) is 6.14. The summed E-state index contributed by atoms with van der Waals surface area (Å²) >= 11 is 1.62. The third-order valence-electron chi connectivity index (χ3n) is 5.26. The number of nitrogens with one attached hydrogen (secondary N) is 1. The van der Waals surface area contributed by atoms with Crippen LogP contribution >= 0.6 is 11.3 Å². The number of thiophene rings is 1. The van der Waals surface area contributed by atoms with Crippen molar-refractivity contribution in [3.8, 4) is 0 Å². The van der Waals surface area contributed by atoms with Crippen LogP contribution in [-0.4, -0.2) is 47.9 Å². The number of carbonyl (C=O) groups excluding carboxylic acids is 2. The first-order valence-corrected chi connectivity index (χ1v) is 10.8. The van der Waals surface area contributed by atoms with Crippen molar-refractivity contribution >= 4 is 29.0 Å². The Morgan fingerprint density at radius 3 is 2.54 bits per heavy atom. The van der Waals surface area contributed by atoms with Gasteiger partial charge in [-0.3, -0.25) is 9.59 Å². The van der Waals surface area contributed by atoms with Crippen LogP contribution in [0.25, 0.3) is 0 Å². The van der Waals surface area contributed by atoms with Crippen LogP contribution in [-0.2, 0) is 11.3 Å². The number of piperazine rings is 1. The first kappa shape index (κ1) is 20.3. The summed E-state index contributed by atoms with van der Waals surface area (Å²) in [6.07, 6.45) is 3.47. The zero-order valence-corrected chi connectivity index (χ0v) is 17.4. The average molecular weight is 401 g/mol. The maximum absolute atomic E-state index is 12.7. The standard InChI is InChI=1S/C21H28N4O2S/c1-3-16(4-2)21(27)25-12-10-24(11-13-25)19-18(8-5-9-22-19)20(26)23-15-17-7-6-14-28-17/h5-9,14,16H,3-4,10-13,15H2,1-2H3,(H,23,26). The lowest BCUT2D eigenvalue weighted by atomic mass is 10.0. The summed E-state index contributed by atoms with van der Waals surface area (Å²) in [5.74, 6) is 0.937. The number of hydrogen-bond donors (Lipinski definition) is 1. The molecule has 0 radical (unpaired) electrons. The van der Waals surface area contributed by atoms with Gasteiger partial charge in [-0.1, -0.05) is 19.9 Å². The van der Waals surface area contributed by atoms with Crippen LogP contribution in [0.1, 0.15) is 41.9 Å². The molecule has 0 bridgehead atoms. The van der Waals surface area contributed by atoms with E-state index in [4.69, 9.17) is 0 Å². The number of amides is 2. The molecule has 7 heteroatoms. The maximum atomic E-state index is 12.7. The molecule has 0 atom stereocenters. The predicted molar refractivity (Wildman–Crippen MR) is 113 cm³/mol. The van der Waals surface area contributed by atoms with Crippen LogP contribution in [0.5, 0.6) is 0 Å². The summed E-state index contributed by atoms with van der Waals surface area (Å²) < 4.78 is 0. The minimum absolute atomic E-state index is 0.111. The highest BCUT2D eigenvalue weighted by Gasteiger charge is 2.27. The predicted octanol–water partition coefficient (Wildman–Crippen LogP) is 3.16. The Balaban J connectivity index is 1.63. The fourth-order valence-corrected chi connectivity index (χ4v) is 4.18. The lowest BCUT2D eigenvalue weighted by molar-refractivity contribution is -0.136. The van der Waals surface area contributed by atoms with Crippen LogP contribution in [0.15, 0.2) is 35.8 Å². The molecule has 3 heterocycles. The number of aromatic nitrogens is 1. The highest BCUT2D eigenvalue weighted by Crippen LogP contribution is 2.21. The molecule has 3 rings (SSSR count). The molecule has 0 spiro atoms. The van der Waals surface area contributed by atoms with E-state index in [0.29, 0.717) is 44.1 Å². The summed E-state index contributed by atoms with van der Waals surface area (Å²) in [4.78, 5) is 35.0. The van der Waals surface area contributed by atoms with Crippen molar-refractivity contribution in [1.82, 2.24) is 15.2 Å². The van der Waals surface area contributed by atoms with E-state index in [2.05, 4.69) is 29.0 Å². The van der Waals surface area contributed by atoms with Gasteiger partial charge in [-0.25, -0.2) is 4.98 Å². The third kappa shape index (κ3) is 4.70. The van der Waals surface area contributed by atoms with Gasteiger partial charge in [-0.2, -0.15) is 0 Å². The average Bonchev–Trinajstić information content (AvgIpc) is 3.26. The second-order valence-corrected chi connectivity index (χ2v) is 7.99. The van der Waals surface area contributed by atoms with E-state index < -0.39 is 0 Å². The molecule has 28 heavy (non-hydrogen) atoms. The quantitative estimate of drug-likeness (QED) is 0.775. The molecule has 0 aromatic carbocycles. The summed E-state index contributed by atoms with van der Waals surface area (Å²) in [5.41, 5.74) is 0.582. The smallest absolute Gasteiger partial charge is 0.255 e. The van der Waals surface area contributed by atoms with Crippen molar-refractivity contribution in [1.29, 1.82) is 0 Å². The Labute approximate surface area is 170 Å². The van der Waals surface area contributed by atoms with Gasteiger partial charge >= 0.3 is 0 Å². The van der Waals surface area contributed by atoms with Crippen LogP contribution < -0.4 is 10.2 Å². The zero-order chi connectivity index (χ0) is 19.9. The first-order chi connectivity index (χ1) is 13.6. The Morgan fingerprint density at radius 1 is 1.14 bits per heavy atom. The van der Waals surface area contributed by atoms with Crippen molar-refractivity contribution in [2.45, 2.75) is 33.2 Å². The Bertz CT molecular complexity index is 781. The molecule has 2 amide bonds. The van der Waals surface area contributed by atoms with Gasteiger partial charge in [0, 0.05) is 43.2 Å². The van der Waals surface area contributed by atoms with Gasteiger partial charge in [0.25, 0.3) is 5.91 Å². The molecule has 1 aliphatic heterocycles. The molecule has 1 fully saturated rings. The van der Waals surface area contributed by atoms with Gasteiger partial charge in [0.1, 0.15) is 5.82 Å². The molecule has 150 valence electrons. The summed E-state index contributed by atoms with van der Waals surface area (Å²) in [6, 6.07) is 7.58. The van der Waals surface area contributed by atoms with Gasteiger partial charge in [0.05, 0.1) is 12.1 Å². The lowest BCUT2D eigenvalue weighted by Gasteiger charge is -2.37. The van der Waals surface area contributed by atoms with Crippen LogP contribution in [0.2, 0.25) is 0 Å². The number of carbonyl (C=O) groups is 2. The molecule has 1 aliphatic rings. The number of nitrogens with zero attached hydrogens (tertiary/aromatic N) is 3. The number of anilines is 1. The molecule has 6 nitrogen and oxygen atoms in total. The van der Waals surface area contributed by atoms with Gasteiger partial charge in [-0.15, -0.1) is 11.3 Å². The first-order valence-electron chi connectivity index (χ1n) is 9.93. The largest absolute Gasteiger partial charge is 0.352 e. The van der Waals surface area contributed by atoms with E-state index in [0.717, 1.165) is 17.7 Å². The van der Waals surface area contributed by atoms with Crippen molar-refractivity contribution in [2.75, 3.05) is 31.1 Å². The highest BCUT2D eigenvalue weighted by molar-refractivity contribution is 7.09. The fraction of sp³-hybridized carbons (Fsp3) is 0.476. The minimum atomic E-state index is -0.118. The molecule has 1 N–H and O–H groups in total.